The van der Waals surface area contributed by atoms with Crippen molar-refractivity contribution in [2.75, 3.05) is 6.54 Å². The van der Waals surface area contributed by atoms with E-state index in [1.807, 2.05) is 13.8 Å². The Kier molecular flexibility index (Phi) is 7.95. The molecule has 0 radical (unpaired) electrons. The molecule has 5 rings (SSSR count). The smallest absolute Gasteiger partial charge is 0.322 e. The summed E-state index contributed by atoms with van der Waals surface area (Å²) >= 11 is 1.70. The van der Waals surface area contributed by atoms with E-state index in [2.05, 4.69) is 26.1 Å². The lowest BCUT2D eigenvalue weighted by atomic mass is 9.44. The fourth-order valence-electron chi connectivity index (χ4n) is 9.31. The summed E-state index contributed by atoms with van der Waals surface area (Å²) in [6.07, 6.45) is 13.6. The van der Waals surface area contributed by atoms with Crippen LogP contribution in [0.5, 0.6) is 0 Å². The second-order valence-electron chi connectivity index (χ2n) is 12.8. The maximum absolute atomic E-state index is 12.3. The number of aliphatic hydroxyl groups excluding tert-OH is 1. The second kappa shape index (κ2) is 10.2. The third-order valence-electron chi connectivity index (χ3n) is 11.3. The van der Waals surface area contributed by atoms with Crippen LogP contribution in [0.15, 0.2) is 0 Å². The number of carboxylic acids is 1. The maximum atomic E-state index is 12.3. The summed E-state index contributed by atoms with van der Waals surface area (Å²) in [5.74, 6) is 2.10. The third kappa shape index (κ3) is 4.80. The van der Waals surface area contributed by atoms with E-state index in [0.29, 0.717) is 34.5 Å². The van der Waals surface area contributed by atoms with Crippen molar-refractivity contribution in [1.29, 1.82) is 0 Å². The van der Waals surface area contributed by atoms with Crippen molar-refractivity contribution in [3.05, 3.63) is 0 Å². The monoisotopic (exact) mass is 507 g/mol. The van der Waals surface area contributed by atoms with Gasteiger partial charge in [0.1, 0.15) is 6.54 Å². The van der Waals surface area contributed by atoms with Gasteiger partial charge in [0, 0.05) is 4.75 Å². The summed E-state index contributed by atoms with van der Waals surface area (Å²) in [6.45, 7) is 11.0. The van der Waals surface area contributed by atoms with Crippen LogP contribution in [0.3, 0.4) is 0 Å². The number of hydrogen-bond acceptors (Lipinski definition) is 4. The van der Waals surface area contributed by atoms with Gasteiger partial charge in [-0.3, -0.25) is 9.59 Å². The lowest BCUT2D eigenvalue weighted by Crippen LogP contribution is -2.57. The van der Waals surface area contributed by atoms with Crippen LogP contribution < -0.4 is 5.32 Å². The standard InChI is InChI=1S/C27H43NO4S.C2H6/c1-25-11-5-4-6-17(25)14-20(29)22-18-8-7-16(26(18,2)12-10-19(22)25)9-13-27(3)23(33-27)24(32)28-15-21(30)31;1-2/h16-20,22-23,29H,4-15H2,1-3H3,(H,28,32)(H,30,31);1-2H3. The average Bonchev–Trinajstić information content (AvgIpc) is 3.39. The van der Waals surface area contributed by atoms with Crippen molar-refractivity contribution in [1.82, 2.24) is 5.32 Å². The molecular weight excluding hydrogens is 458 g/mol. The molecule has 0 aromatic carbocycles. The van der Waals surface area contributed by atoms with Crippen molar-refractivity contribution in [3.8, 4) is 0 Å². The minimum atomic E-state index is -0.991. The highest BCUT2D eigenvalue weighted by atomic mass is 32.2. The van der Waals surface area contributed by atoms with Gasteiger partial charge in [-0.1, -0.05) is 40.5 Å². The Morgan fingerprint density at radius 3 is 2.40 bits per heavy atom. The van der Waals surface area contributed by atoms with Gasteiger partial charge in [-0.05, 0) is 105 Å². The number of aliphatic carboxylic acids is 1. The first-order chi connectivity index (χ1) is 16.6. The van der Waals surface area contributed by atoms with Crippen molar-refractivity contribution < 1.29 is 19.8 Å². The number of rotatable bonds is 6. The van der Waals surface area contributed by atoms with Crippen molar-refractivity contribution >= 4 is 23.6 Å². The topological polar surface area (TPSA) is 86.6 Å². The van der Waals surface area contributed by atoms with Crippen LogP contribution in [0.25, 0.3) is 0 Å². The van der Waals surface area contributed by atoms with E-state index in [0.717, 1.165) is 25.2 Å². The number of nitrogens with one attached hydrogen (secondary N) is 1. The van der Waals surface area contributed by atoms with Gasteiger partial charge in [0.15, 0.2) is 0 Å². The van der Waals surface area contributed by atoms with Gasteiger partial charge in [0.05, 0.1) is 11.4 Å². The molecule has 1 amide bonds. The highest BCUT2D eigenvalue weighted by Crippen LogP contribution is 2.68. The van der Waals surface area contributed by atoms with E-state index >= 15 is 0 Å². The molecule has 1 aliphatic heterocycles. The van der Waals surface area contributed by atoms with E-state index < -0.39 is 5.97 Å². The number of carbonyl (C=O) groups is 2. The van der Waals surface area contributed by atoms with Crippen LogP contribution in [-0.2, 0) is 9.59 Å². The molecule has 3 N–H and O–H groups in total. The maximum Gasteiger partial charge on any atom is 0.322 e. The molecule has 10 atom stereocenters. The SMILES string of the molecule is CC.CC1(CCC2CCC3C4C(O)CC5CCCCC5(C)C4CCC23C)SC1C(=O)NCC(=O)O. The molecule has 5 fully saturated rings. The average molecular weight is 508 g/mol. The molecule has 200 valence electrons. The summed E-state index contributed by atoms with van der Waals surface area (Å²) in [5, 5.41) is 22.6. The van der Waals surface area contributed by atoms with Crippen molar-refractivity contribution in [2.24, 2.45) is 40.4 Å². The Bertz CT molecular complexity index is 806. The van der Waals surface area contributed by atoms with Gasteiger partial charge < -0.3 is 15.5 Å². The molecule has 6 heteroatoms. The van der Waals surface area contributed by atoms with Gasteiger partial charge in [-0.15, -0.1) is 11.8 Å². The van der Waals surface area contributed by atoms with Crippen LogP contribution in [-0.4, -0.2) is 44.7 Å². The largest absolute Gasteiger partial charge is 0.480 e. The van der Waals surface area contributed by atoms with Crippen molar-refractivity contribution in [3.63, 3.8) is 0 Å². The Morgan fingerprint density at radius 1 is 0.971 bits per heavy atom. The minimum absolute atomic E-state index is 0.0542. The van der Waals surface area contributed by atoms with Crippen LogP contribution >= 0.6 is 11.8 Å². The lowest BCUT2D eigenvalue weighted by molar-refractivity contribution is -0.162. The van der Waals surface area contributed by atoms with Crippen LogP contribution in [0.1, 0.15) is 105 Å². The van der Waals surface area contributed by atoms with Crippen LogP contribution in [0, 0.1) is 40.4 Å². The summed E-state index contributed by atoms with van der Waals surface area (Å²) in [4.78, 5) is 23.1. The van der Waals surface area contributed by atoms with Crippen LogP contribution in [0.4, 0.5) is 0 Å². The minimum Gasteiger partial charge on any atom is -0.480 e. The molecule has 4 saturated carbocycles. The zero-order chi connectivity index (χ0) is 25.6. The summed E-state index contributed by atoms with van der Waals surface area (Å²) < 4.78 is -0.0542. The highest BCUT2D eigenvalue weighted by Gasteiger charge is 2.62. The molecule has 0 aromatic heterocycles. The van der Waals surface area contributed by atoms with Crippen LogP contribution in [0.2, 0.25) is 0 Å². The molecule has 0 spiro atoms. The van der Waals surface area contributed by atoms with E-state index in [1.165, 1.54) is 51.4 Å². The number of amides is 1. The first-order valence-corrected chi connectivity index (χ1v) is 15.3. The predicted molar refractivity (Wildman–Crippen MR) is 142 cm³/mol. The zero-order valence-corrected chi connectivity index (χ0v) is 23.5. The third-order valence-corrected chi connectivity index (χ3v) is 13.0. The fourth-order valence-corrected chi connectivity index (χ4v) is 10.4. The molecule has 5 nitrogen and oxygen atoms in total. The molecule has 1 saturated heterocycles. The fraction of sp³-hybridized carbons (Fsp3) is 0.931. The molecule has 5 aliphatic rings. The second-order valence-corrected chi connectivity index (χ2v) is 14.5. The van der Waals surface area contributed by atoms with E-state index in [1.54, 1.807) is 11.8 Å². The Balaban J connectivity index is 0.00000141. The first-order valence-electron chi connectivity index (χ1n) is 14.4. The first kappa shape index (κ1) is 27.3. The number of thioether (sulfide) groups is 1. The number of carboxylic acid groups (broad SMARTS) is 1. The summed E-state index contributed by atoms with van der Waals surface area (Å²) in [6, 6.07) is 0. The number of carbonyl (C=O) groups excluding carboxylic acids is 1. The van der Waals surface area contributed by atoms with Gasteiger partial charge in [-0.25, -0.2) is 0 Å². The Hall–Kier alpha value is -0.750. The Labute approximate surface area is 217 Å². The highest BCUT2D eigenvalue weighted by molar-refractivity contribution is 8.09. The van der Waals surface area contributed by atoms with E-state index in [9.17, 15) is 14.7 Å². The molecule has 4 aliphatic carbocycles. The predicted octanol–water partition coefficient (Wildman–Crippen LogP) is 5.89. The molecule has 35 heavy (non-hydrogen) atoms. The number of hydrogen-bond donors (Lipinski definition) is 3. The number of fused-ring (bicyclic) bond motifs is 5. The van der Waals surface area contributed by atoms with Gasteiger partial charge in [0.25, 0.3) is 0 Å². The van der Waals surface area contributed by atoms with E-state index in [4.69, 9.17) is 5.11 Å². The summed E-state index contributed by atoms with van der Waals surface area (Å²) in [5.41, 5.74) is 0.757. The van der Waals surface area contributed by atoms with Crippen molar-refractivity contribution in [2.45, 2.75) is 121 Å². The van der Waals surface area contributed by atoms with E-state index in [-0.39, 0.29) is 28.6 Å². The Morgan fingerprint density at radius 2 is 1.69 bits per heavy atom. The molecular formula is C29H49NO4S. The summed E-state index contributed by atoms with van der Waals surface area (Å²) in [7, 11) is 0. The lowest BCUT2D eigenvalue weighted by Gasteiger charge is -2.62. The zero-order valence-electron chi connectivity index (χ0n) is 22.6. The normalized spacial score (nSPS) is 47.9. The molecule has 10 unspecified atom stereocenters. The molecule has 0 aromatic rings. The quantitative estimate of drug-likeness (QED) is 0.390. The molecule has 0 bridgehead atoms. The van der Waals surface area contributed by atoms with Gasteiger partial charge >= 0.3 is 5.97 Å². The number of aliphatic hydroxyl groups is 1. The molecule has 1 heterocycles. The van der Waals surface area contributed by atoms with Gasteiger partial charge in [-0.2, -0.15) is 0 Å². The van der Waals surface area contributed by atoms with Gasteiger partial charge in [0.2, 0.25) is 5.91 Å².